The number of ether oxygens (including phenoxy) is 1. The first kappa shape index (κ1) is 13.7. The van der Waals surface area contributed by atoms with Gasteiger partial charge in [0.25, 0.3) is 0 Å². The summed E-state index contributed by atoms with van der Waals surface area (Å²) >= 11 is 0. The number of aryl methyl sites for hydroxylation is 1. The van der Waals surface area contributed by atoms with E-state index in [0.29, 0.717) is 6.61 Å². The number of anilines is 1. The van der Waals surface area contributed by atoms with Crippen LogP contribution < -0.4 is 10.1 Å². The lowest BCUT2D eigenvalue weighted by Gasteiger charge is -2.24. The SMILES string of the molecule is CCc1ccccc1NC(=O)C1COc2ccccc2C1. The maximum Gasteiger partial charge on any atom is 0.231 e. The molecule has 1 aliphatic rings. The molecular weight excluding hydrogens is 262 g/mol. The highest BCUT2D eigenvalue weighted by atomic mass is 16.5. The van der Waals surface area contributed by atoms with Gasteiger partial charge < -0.3 is 10.1 Å². The molecule has 0 saturated heterocycles. The van der Waals surface area contributed by atoms with Crippen LogP contribution in [0.5, 0.6) is 5.75 Å². The normalized spacial score (nSPS) is 16.7. The van der Waals surface area contributed by atoms with E-state index in [9.17, 15) is 4.79 Å². The van der Waals surface area contributed by atoms with Gasteiger partial charge in [-0.2, -0.15) is 0 Å². The minimum Gasteiger partial charge on any atom is -0.492 e. The number of para-hydroxylation sites is 2. The van der Waals surface area contributed by atoms with Gasteiger partial charge >= 0.3 is 0 Å². The average Bonchev–Trinajstić information content (AvgIpc) is 2.55. The van der Waals surface area contributed by atoms with Crippen molar-refractivity contribution >= 4 is 11.6 Å². The molecule has 3 heteroatoms. The van der Waals surface area contributed by atoms with Crippen LogP contribution in [0.25, 0.3) is 0 Å². The number of benzene rings is 2. The Morgan fingerprint density at radius 2 is 1.95 bits per heavy atom. The molecule has 21 heavy (non-hydrogen) atoms. The largest absolute Gasteiger partial charge is 0.492 e. The lowest BCUT2D eigenvalue weighted by molar-refractivity contribution is -0.121. The van der Waals surface area contributed by atoms with Gasteiger partial charge in [0, 0.05) is 5.69 Å². The number of nitrogens with one attached hydrogen (secondary N) is 1. The Morgan fingerprint density at radius 3 is 2.81 bits per heavy atom. The van der Waals surface area contributed by atoms with E-state index < -0.39 is 0 Å². The molecule has 3 nitrogen and oxygen atoms in total. The maximum atomic E-state index is 12.5. The molecule has 1 aliphatic heterocycles. The van der Waals surface area contributed by atoms with E-state index in [4.69, 9.17) is 4.74 Å². The van der Waals surface area contributed by atoms with E-state index in [0.717, 1.165) is 35.4 Å². The molecule has 1 N–H and O–H groups in total. The van der Waals surface area contributed by atoms with Crippen molar-refractivity contribution in [2.75, 3.05) is 11.9 Å². The molecule has 1 heterocycles. The van der Waals surface area contributed by atoms with Gasteiger partial charge in [0.05, 0.1) is 5.92 Å². The van der Waals surface area contributed by atoms with Gasteiger partial charge in [0.2, 0.25) is 5.91 Å². The lowest BCUT2D eigenvalue weighted by Crippen LogP contribution is -2.32. The van der Waals surface area contributed by atoms with Crippen LogP contribution >= 0.6 is 0 Å². The Kier molecular flexibility index (Phi) is 3.91. The molecule has 0 fully saturated rings. The number of carbonyl (C=O) groups is 1. The van der Waals surface area contributed by atoms with Crippen molar-refractivity contribution < 1.29 is 9.53 Å². The molecule has 2 aromatic carbocycles. The summed E-state index contributed by atoms with van der Waals surface area (Å²) in [4.78, 5) is 12.5. The first-order valence-corrected chi connectivity index (χ1v) is 7.37. The van der Waals surface area contributed by atoms with Crippen molar-refractivity contribution in [2.24, 2.45) is 5.92 Å². The van der Waals surface area contributed by atoms with Crippen LogP contribution in [0.15, 0.2) is 48.5 Å². The van der Waals surface area contributed by atoms with Crippen molar-refractivity contribution in [1.82, 2.24) is 0 Å². The summed E-state index contributed by atoms with van der Waals surface area (Å²) in [5.41, 5.74) is 3.17. The van der Waals surface area contributed by atoms with E-state index in [1.54, 1.807) is 0 Å². The smallest absolute Gasteiger partial charge is 0.231 e. The van der Waals surface area contributed by atoms with Crippen LogP contribution in [-0.2, 0) is 17.6 Å². The quantitative estimate of drug-likeness (QED) is 0.936. The third-order valence-corrected chi connectivity index (χ3v) is 3.91. The van der Waals surface area contributed by atoms with E-state index in [1.165, 1.54) is 0 Å². The van der Waals surface area contributed by atoms with Gasteiger partial charge in [-0.25, -0.2) is 0 Å². The zero-order valence-electron chi connectivity index (χ0n) is 12.1. The second-order valence-electron chi connectivity index (χ2n) is 5.32. The van der Waals surface area contributed by atoms with Crippen LogP contribution in [0.3, 0.4) is 0 Å². The summed E-state index contributed by atoms with van der Waals surface area (Å²) in [6.07, 6.45) is 1.64. The van der Waals surface area contributed by atoms with Crippen molar-refractivity contribution in [2.45, 2.75) is 19.8 Å². The Labute approximate surface area is 124 Å². The monoisotopic (exact) mass is 281 g/mol. The number of carbonyl (C=O) groups excluding carboxylic acids is 1. The van der Waals surface area contributed by atoms with Crippen LogP contribution in [-0.4, -0.2) is 12.5 Å². The molecule has 0 spiro atoms. The van der Waals surface area contributed by atoms with Crippen molar-refractivity contribution in [3.05, 3.63) is 59.7 Å². The number of hydrogen-bond donors (Lipinski definition) is 1. The summed E-state index contributed by atoms with van der Waals surface area (Å²) in [5.74, 6) is 0.797. The third kappa shape index (κ3) is 2.92. The lowest BCUT2D eigenvalue weighted by atomic mass is 9.96. The summed E-state index contributed by atoms with van der Waals surface area (Å²) < 4.78 is 5.69. The number of hydrogen-bond acceptors (Lipinski definition) is 2. The highest BCUT2D eigenvalue weighted by Crippen LogP contribution is 2.27. The summed E-state index contributed by atoms with van der Waals surface area (Å²) in [7, 11) is 0. The third-order valence-electron chi connectivity index (χ3n) is 3.91. The predicted octanol–water partition coefficient (Wildman–Crippen LogP) is 3.44. The topological polar surface area (TPSA) is 38.3 Å². The second-order valence-corrected chi connectivity index (χ2v) is 5.32. The minimum atomic E-state index is -0.134. The second kappa shape index (κ2) is 6.00. The first-order valence-electron chi connectivity index (χ1n) is 7.37. The summed E-state index contributed by atoms with van der Waals surface area (Å²) in [6.45, 7) is 2.53. The number of amides is 1. The zero-order valence-corrected chi connectivity index (χ0v) is 12.1. The fourth-order valence-corrected chi connectivity index (χ4v) is 2.68. The Hall–Kier alpha value is -2.29. The summed E-state index contributed by atoms with van der Waals surface area (Å²) in [6, 6.07) is 15.8. The van der Waals surface area contributed by atoms with Crippen LogP contribution in [0, 0.1) is 5.92 Å². The highest BCUT2D eigenvalue weighted by Gasteiger charge is 2.26. The maximum absolute atomic E-state index is 12.5. The number of fused-ring (bicyclic) bond motifs is 1. The first-order chi connectivity index (χ1) is 10.3. The van der Waals surface area contributed by atoms with E-state index in [-0.39, 0.29) is 11.8 Å². The van der Waals surface area contributed by atoms with E-state index >= 15 is 0 Å². The minimum absolute atomic E-state index is 0.0328. The van der Waals surface area contributed by atoms with Gasteiger partial charge in [0.15, 0.2) is 0 Å². The zero-order chi connectivity index (χ0) is 14.7. The van der Waals surface area contributed by atoms with Crippen molar-refractivity contribution in [3.8, 4) is 5.75 Å². The average molecular weight is 281 g/mol. The Bertz CT molecular complexity index is 651. The van der Waals surface area contributed by atoms with Crippen LogP contribution in [0.2, 0.25) is 0 Å². The molecule has 1 amide bonds. The fourth-order valence-electron chi connectivity index (χ4n) is 2.68. The molecule has 0 bridgehead atoms. The van der Waals surface area contributed by atoms with Crippen LogP contribution in [0.1, 0.15) is 18.1 Å². The molecule has 2 aromatic rings. The standard InChI is InChI=1S/C18H19NO2/c1-2-13-7-3-5-9-16(13)19-18(20)15-11-14-8-4-6-10-17(14)21-12-15/h3-10,15H,2,11-12H2,1H3,(H,19,20). The van der Waals surface area contributed by atoms with Gasteiger partial charge in [0.1, 0.15) is 12.4 Å². The molecule has 0 aliphatic carbocycles. The van der Waals surface area contributed by atoms with E-state index in [2.05, 4.69) is 12.2 Å². The van der Waals surface area contributed by atoms with Crippen molar-refractivity contribution in [3.63, 3.8) is 0 Å². The molecule has 1 atom stereocenters. The van der Waals surface area contributed by atoms with Gasteiger partial charge in [-0.15, -0.1) is 0 Å². The van der Waals surface area contributed by atoms with Gasteiger partial charge in [-0.3, -0.25) is 4.79 Å². The van der Waals surface area contributed by atoms with Crippen molar-refractivity contribution in [1.29, 1.82) is 0 Å². The molecule has 0 radical (unpaired) electrons. The Morgan fingerprint density at radius 1 is 1.19 bits per heavy atom. The Balaban J connectivity index is 1.72. The van der Waals surface area contributed by atoms with E-state index in [1.807, 2.05) is 48.5 Å². The molecule has 108 valence electrons. The number of rotatable bonds is 3. The molecule has 0 aromatic heterocycles. The molecule has 3 rings (SSSR count). The fraction of sp³-hybridized carbons (Fsp3) is 0.278. The molecular formula is C18H19NO2. The summed E-state index contributed by atoms with van der Waals surface area (Å²) in [5, 5.41) is 3.04. The molecule has 1 unspecified atom stereocenters. The molecule has 0 saturated carbocycles. The highest BCUT2D eigenvalue weighted by molar-refractivity contribution is 5.93. The van der Waals surface area contributed by atoms with Gasteiger partial charge in [-0.1, -0.05) is 43.3 Å². The van der Waals surface area contributed by atoms with Crippen LogP contribution in [0.4, 0.5) is 5.69 Å². The van der Waals surface area contributed by atoms with Gasteiger partial charge in [-0.05, 0) is 36.1 Å². The predicted molar refractivity (Wildman–Crippen MR) is 83.6 cm³/mol.